The summed E-state index contributed by atoms with van der Waals surface area (Å²) in [5.41, 5.74) is 5.01. The van der Waals surface area contributed by atoms with Crippen LogP contribution in [0.5, 0.6) is 0 Å². The monoisotopic (exact) mass is 395 g/mol. The highest BCUT2D eigenvalue weighted by molar-refractivity contribution is 5.69. The first-order valence-electron chi connectivity index (χ1n) is 10.9. The third-order valence-corrected chi connectivity index (χ3v) is 5.55. The molecule has 4 heteroatoms. The van der Waals surface area contributed by atoms with Gasteiger partial charge in [0.2, 0.25) is 0 Å². The van der Waals surface area contributed by atoms with Crippen LogP contribution in [0, 0.1) is 0 Å². The molecule has 0 aromatic heterocycles. The molecular weight excluding hydrogens is 362 g/mol. The average molecular weight is 396 g/mol. The predicted octanol–water partition coefficient (Wildman–Crippen LogP) is 5.20. The molecule has 4 nitrogen and oxygen atoms in total. The SMILES string of the molecule is CCOC(=O)CCN1CCCCC1OCc1ccc(-c2ccc(CC)cc2)cc1. The molecule has 0 N–H and O–H groups in total. The van der Waals surface area contributed by atoms with Gasteiger partial charge in [-0.25, -0.2) is 0 Å². The number of likely N-dealkylation sites (tertiary alicyclic amines) is 1. The van der Waals surface area contributed by atoms with E-state index in [0.29, 0.717) is 26.2 Å². The molecule has 2 aromatic rings. The van der Waals surface area contributed by atoms with E-state index < -0.39 is 0 Å². The van der Waals surface area contributed by atoms with E-state index in [0.717, 1.165) is 25.8 Å². The summed E-state index contributed by atoms with van der Waals surface area (Å²) >= 11 is 0. The summed E-state index contributed by atoms with van der Waals surface area (Å²) in [6.07, 6.45) is 4.93. The van der Waals surface area contributed by atoms with Crippen molar-refractivity contribution in [2.24, 2.45) is 0 Å². The summed E-state index contributed by atoms with van der Waals surface area (Å²) < 4.78 is 11.3. The maximum absolute atomic E-state index is 11.7. The fourth-order valence-corrected chi connectivity index (χ4v) is 3.79. The Hall–Kier alpha value is -2.17. The predicted molar refractivity (Wildman–Crippen MR) is 117 cm³/mol. The Bertz CT molecular complexity index is 755. The van der Waals surface area contributed by atoms with E-state index >= 15 is 0 Å². The van der Waals surface area contributed by atoms with Crippen molar-refractivity contribution in [2.75, 3.05) is 19.7 Å². The van der Waals surface area contributed by atoms with Gasteiger partial charge in [0, 0.05) is 13.1 Å². The Kier molecular flexibility index (Phi) is 8.26. The zero-order valence-electron chi connectivity index (χ0n) is 17.7. The van der Waals surface area contributed by atoms with Crippen LogP contribution in [0.25, 0.3) is 11.1 Å². The number of piperidine rings is 1. The van der Waals surface area contributed by atoms with Gasteiger partial charge in [-0.2, -0.15) is 0 Å². The molecule has 0 bridgehead atoms. The fourth-order valence-electron chi connectivity index (χ4n) is 3.79. The smallest absolute Gasteiger partial charge is 0.307 e. The molecule has 0 saturated carbocycles. The second kappa shape index (κ2) is 11.1. The summed E-state index contributed by atoms with van der Waals surface area (Å²) in [5.74, 6) is -0.126. The molecule has 1 atom stereocenters. The minimum Gasteiger partial charge on any atom is -0.466 e. The molecule has 2 aromatic carbocycles. The van der Waals surface area contributed by atoms with Crippen LogP contribution in [0.1, 0.15) is 50.7 Å². The molecule has 0 aliphatic carbocycles. The molecule has 1 unspecified atom stereocenters. The first-order chi connectivity index (χ1) is 14.2. The van der Waals surface area contributed by atoms with E-state index in [2.05, 4.69) is 60.4 Å². The lowest BCUT2D eigenvalue weighted by Gasteiger charge is -2.35. The Labute approximate surface area is 174 Å². The molecule has 3 rings (SSSR count). The second-order valence-corrected chi connectivity index (χ2v) is 7.60. The van der Waals surface area contributed by atoms with Gasteiger partial charge < -0.3 is 9.47 Å². The molecule has 156 valence electrons. The highest BCUT2D eigenvalue weighted by Gasteiger charge is 2.23. The van der Waals surface area contributed by atoms with Crippen molar-refractivity contribution in [3.63, 3.8) is 0 Å². The number of esters is 1. The lowest BCUT2D eigenvalue weighted by Crippen LogP contribution is -2.42. The van der Waals surface area contributed by atoms with Crippen LogP contribution in [0.4, 0.5) is 0 Å². The molecular formula is C25H33NO3. The van der Waals surface area contributed by atoms with Crippen molar-refractivity contribution in [2.45, 2.75) is 58.8 Å². The highest BCUT2D eigenvalue weighted by Crippen LogP contribution is 2.23. The second-order valence-electron chi connectivity index (χ2n) is 7.60. The van der Waals surface area contributed by atoms with Crippen LogP contribution in [0.3, 0.4) is 0 Å². The van der Waals surface area contributed by atoms with E-state index in [1.54, 1.807) is 0 Å². The number of nitrogens with zero attached hydrogens (tertiary/aromatic N) is 1. The fraction of sp³-hybridized carbons (Fsp3) is 0.480. The number of rotatable bonds is 9. The Morgan fingerprint density at radius 3 is 2.24 bits per heavy atom. The molecule has 1 aliphatic rings. The molecule has 1 heterocycles. The minimum atomic E-state index is -0.126. The molecule has 1 fully saturated rings. The number of carbonyl (C=O) groups is 1. The van der Waals surface area contributed by atoms with Gasteiger partial charge in [-0.1, -0.05) is 55.5 Å². The van der Waals surface area contributed by atoms with Crippen LogP contribution in [-0.2, 0) is 27.3 Å². The topological polar surface area (TPSA) is 38.8 Å². The normalized spacial score (nSPS) is 17.2. The molecule has 0 radical (unpaired) electrons. The van der Waals surface area contributed by atoms with E-state index in [-0.39, 0.29) is 12.2 Å². The van der Waals surface area contributed by atoms with Crippen LogP contribution < -0.4 is 0 Å². The number of hydrogen-bond acceptors (Lipinski definition) is 4. The Morgan fingerprint density at radius 1 is 0.966 bits per heavy atom. The van der Waals surface area contributed by atoms with Gasteiger partial charge in [0.15, 0.2) is 0 Å². The number of aryl methyl sites for hydroxylation is 1. The van der Waals surface area contributed by atoms with E-state index in [4.69, 9.17) is 9.47 Å². The summed E-state index contributed by atoms with van der Waals surface area (Å²) in [4.78, 5) is 13.9. The van der Waals surface area contributed by atoms with Crippen LogP contribution in [0.2, 0.25) is 0 Å². The maximum atomic E-state index is 11.7. The lowest BCUT2D eigenvalue weighted by molar-refractivity contribution is -0.145. The van der Waals surface area contributed by atoms with Crippen molar-refractivity contribution < 1.29 is 14.3 Å². The quantitative estimate of drug-likeness (QED) is 0.547. The largest absolute Gasteiger partial charge is 0.466 e. The number of ether oxygens (including phenoxy) is 2. The third kappa shape index (κ3) is 6.41. The van der Waals surface area contributed by atoms with Gasteiger partial charge in [-0.3, -0.25) is 9.69 Å². The molecule has 29 heavy (non-hydrogen) atoms. The summed E-state index contributed by atoms with van der Waals surface area (Å²) in [5, 5.41) is 0. The van der Waals surface area contributed by atoms with Gasteiger partial charge in [0.05, 0.1) is 19.6 Å². The van der Waals surface area contributed by atoms with Gasteiger partial charge >= 0.3 is 5.97 Å². The Morgan fingerprint density at radius 2 is 1.62 bits per heavy atom. The minimum absolute atomic E-state index is 0.0828. The summed E-state index contributed by atoms with van der Waals surface area (Å²) in [7, 11) is 0. The van der Waals surface area contributed by atoms with E-state index in [9.17, 15) is 4.79 Å². The first-order valence-corrected chi connectivity index (χ1v) is 10.9. The molecule has 0 amide bonds. The summed E-state index contributed by atoms with van der Waals surface area (Å²) in [6.45, 7) is 6.74. The lowest BCUT2D eigenvalue weighted by atomic mass is 10.0. The maximum Gasteiger partial charge on any atom is 0.307 e. The van der Waals surface area contributed by atoms with Crippen LogP contribution >= 0.6 is 0 Å². The standard InChI is InChI=1S/C25H33NO3/c1-3-20-8-12-22(13-9-20)23-14-10-21(11-15-23)19-29-24-7-5-6-17-26(24)18-16-25(27)28-4-2/h8-15,24H,3-7,16-19H2,1-2H3. The van der Waals surface area contributed by atoms with Crippen molar-refractivity contribution >= 4 is 5.97 Å². The Balaban J connectivity index is 1.53. The number of carbonyl (C=O) groups excluding carboxylic acids is 1. The molecule has 0 spiro atoms. The van der Waals surface area contributed by atoms with E-state index in [1.165, 1.54) is 28.7 Å². The van der Waals surface area contributed by atoms with Crippen molar-refractivity contribution in [3.05, 3.63) is 59.7 Å². The molecule has 1 saturated heterocycles. The highest BCUT2D eigenvalue weighted by atomic mass is 16.5. The zero-order valence-corrected chi connectivity index (χ0v) is 17.7. The van der Waals surface area contributed by atoms with Gasteiger partial charge in [0.25, 0.3) is 0 Å². The van der Waals surface area contributed by atoms with Crippen LogP contribution in [0.15, 0.2) is 48.5 Å². The molecule has 1 aliphatic heterocycles. The van der Waals surface area contributed by atoms with Gasteiger partial charge in [-0.15, -0.1) is 0 Å². The van der Waals surface area contributed by atoms with Gasteiger partial charge in [0.1, 0.15) is 6.23 Å². The average Bonchev–Trinajstić information content (AvgIpc) is 2.77. The first kappa shape index (κ1) is 21.5. The van der Waals surface area contributed by atoms with Gasteiger partial charge in [-0.05, 0) is 54.9 Å². The van der Waals surface area contributed by atoms with E-state index in [1.807, 2.05) is 6.92 Å². The summed E-state index contributed by atoms with van der Waals surface area (Å²) in [6, 6.07) is 17.4. The zero-order chi connectivity index (χ0) is 20.5. The van der Waals surface area contributed by atoms with Crippen LogP contribution in [-0.4, -0.2) is 36.8 Å². The third-order valence-electron chi connectivity index (χ3n) is 5.55. The van der Waals surface area contributed by atoms with Crippen molar-refractivity contribution in [1.29, 1.82) is 0 Å². The number of benzene rings is 2. The number of hydrogen-bond donors (Lipinski definition) is 0. The van der Waals surface area contributed by atoms with Crippen molar-refractivity contribution in [3.8, 4) is 11.1 Å². The van der Waals surface area contributed by atoms with Crippen molar-refractivity contribution in [1.82, 2.24) is 4.90 Å².